The van der Waals surface area contributed by atoms with Crippen LogP contribution in [0.5, 0.6) is 11.5 Å². The fourth-order valence-electron chi connectivity index (χ4n) is 2.73. The van der Waals surface area contributed by atoms with Gasteiger partial charge in [0.15, 0.2) is 11.5 Å². The van der Waals surface area contributed by atoms with Crippen molar-refractivity contribution in [2.75, 3.05) is 6.61 Å². The predicted octanol–water partition coefficient (Wildman–Crippen LogP) is 3.55. The zero-order valence-corrected chi connectivity index (χ0v) is 12.9. The van der Waals surface area contributed by atoms with Gasteiger partial charge in [0.05, 0.1) is 6.61 Å². The van der Waals surface area contributed by atoms with Gasteiger partial charge in [-0.15, -0.1) is 0 Å². The molecule has 0 saturated carbocycles. The van der Waals surface area contributed by atoms with Gasteiger partial charge in [-0.25, -0.2) is 0 Å². The summed E-state index contributed by atoms with van der Waals surface area (Å²) in [7, 11) is 0. The van der Waals surface area contributed by atoms with Crippen molar-refractivity contribution in [3.05, 3.63) is 58.1 Å². The third kappa shape index (κ3) is 2.99. The van der Waals surface area contributed by atoms with Crippen LogP contribution in [0.1, 0.15) is 23.6 Å². The Bertz CT molecular complexity index is 654. The maximum Gasteiger partial charge on any atom is 0.161 e. The summed E-state index contributed by atoms with van der Waals surface area (Å²) in [6, 6.07) is 10.6. The van der Waals surface area contributed by atoms with Crippen LogP contribution in [0.15, 0.2) is 36.4 Å². The monoisotopic (exact) mass is 306 g/mol. The molecule has 0 fully saturated rings. The molecule has 3 N–H and O–H groups in total. The van der Waals surface area contributed by atoms with E-state index in [9.17, 15) is 15.3 Å². The second-order valence-corrected chi connectivity index (χ2v) is 6.02. The number of phenolic OH excluding ortho intramolecular Hbond substituents is 2. The highest BCUT2D eigenvalue weighted by Crippen LogP contribution is 2.41. The first-order valence-corrected chi connectivity index (χ1v) is 7.13. The number of aliphatic hydroxyl groups is 1. The van der Waals surface area contributed by atoms with E-state index in [1.54, 1.807) is 12.1 Å². The minimum absolute atomic E-state index is 0.171. The number of aliphatic hydroxyl groups excluding tert-OH is 1. The number of aryl methyl sites for hydroxylation is 1. The van der Waals surface area contributed by atoms with Gasteiger partial charge < -0.3 is 15.3 Å². The van der Waals surface area contributed by atoms with E-state index in [0.717, 1.165) is 11.1 Å². The summed E-state index contributed by atoms with van der Waals surface area (Å²) < 4.78 is 0. The summed E-state index contributed by atoms with van der Waals surface area (Å²) in [6.45, 7) is 3.52. The van der Waals surface area contributed by atoms with Crippen molar-refractivity contribution in [1.82, 2.24) is 0 Å². The summed E-state index contributed by atoms with van der Waals surface area (Å²) in [6.07, 6.45) is 0.459. The van der Waals surface area contributed by atoms with Crippen molar-refractivity contribution in [3.63, 3.8) is 0 Å². The zero-order valence-electron chi connectivity index (χ0n) is 12.1. The van der Waals surface area contributed by atoms with Gasteiger partial charge in [0.1, 0.15) is 0 Å². The minimum Gasteiger partial charge on any atom is -0.504 e. The maximum absolute atomic E-state index is 10.2. The summed E-state index contributed by atoms with van der Waals surface area (Å²) in [5, 5.41) is 30.5. The molecule has 21 heavy (non-hydrogen) atoms. The standard InChI is InChI=1S/C17H19ClO3/c1-11-7-8-14(20)16(21)15(11)17(2,10-19)9-12-5-3-4-6-13(12)18/h3-8,19-21H,9-10H2,1-2H3. The molecule has 112 valence electrons. The highest BCUT2D eigenvalue weighted by Gasteiger charge is 2.32. The fraction of sp³-hybridized carbons (Fsp3) is 0.294. The van der Waals surface area contributed by atoms with E-state index in [0.29, 0.717) is 17.0 Å². The number of rotatable bonds is 4. The molecule has 0 amide bonds. The van der Waals surface area contributed by atoms with E-state index >= 15 is 0 Å². The highest BCUT2D eigenvalue weighted by molar-refractivity contribution is 6.31. The molecule has 2 aromatic carbocycles. The molecular weight excluding hydrogens is 288 g/mol. The number of halogens is 1. The SMILES string of the molecule is Cc1ccc(O)c(O)c1C(C)(CO)Cc1ccccc1Cl. The fourth-order valence-corrected chi connectivity index (χ4v) is 2.93. The van der Waals surface area contributed by atoms with Crippen LogP contribution in [0, 0.1) is 6.92 Å². The normalized spacial score (nSPS) is 13.9. The zero-order chi connectivity index (χ0) is 15.6. The van der Waals surface area contributed by atoms with Gasteiger partial charge in [-0.3, -0.25) is 0 Å². The second kappa shape index (κ2) is 5.96. The highest BCUT2D eigenvalue weighted by atomic mass is 35.5. The van der Waals surface area contributed by atoms with Crippen molar-refractivity contribution < 1.29 is 15.3 Å². The number of phenols is 2. The smallest absolute Gasteiger partial charge is 0.161 e. The van der Waals surface area contributed by atoms with E-state index in [1.807, 2.05) is 32.0 Å². The molecule has 1 unspecified atom stereocenters. The van der Waals surface area contributed by atoms with Crippen LogP contribution in [-0.4, -0.2) is 21.9 Å². The quantitative estimate of drug-likeness (QED) is 0.757. The molecule has 3 nitrogen and oxygen atoms in total. The Morgan fingerprint density at radius 1 is 1.10 bits per heavy atom. The summed E-state index contributed by atoms with van der Waals surface area (Å²) >= 11 is 6.19. The average Bonchev–Trinajstić information content (AvgIpc) is 2.46. The molecule has 2 rings (SSSR count). The van der Waals surface area contributed by atoms with Gasteiger partial charge in [0.25, 0.3) is 0 Å². The molecule has 0 radical (unpaired) electrons. The molecule has 0 heterocycles. The first kappa shape index (κ1) is 15.7. The largest absolute Gasteiger partial charge is 0.504 e. The Hall–Kier alpha value is -1.71. The molecule has 0 aromatic heterocycles. The predicted molar refractivity (Wildman–Crippen MR) is 84.1 cm³/mol. The van der Waals surface area contributed by atoms with E-state index in [-0.39, 0.29) is 18.1 Å². The molecule has 1 atom stereocenters. The van der Waals surface area contributed by atoms with E-state index < -0.39 is 5.41 Å². The number of benzene rings is 2. The van der Waals surface area contributed by atoms with Gasteiger partial charge in [0.2, 0.25) is 0 Å². The van der Waals surface area contributed by atoms with Gasteiger partial charge >= 0.3 is 0 Å². The molecule has 0 aliphatic heterocycles. The topological polar surface area (TPSA) is 60.7 Å². The van der Waals surface area contributed by atoms with Gasteiger partial charge in [-0.2, -0.15) is 0 Å². The van der Waals surface area contributed by atoms with Gasteiger partial charge in [-0.1, -0.05) is 42.8 Å². The minimum atomic E-state index is -0.738. The van der Waals surface area contributed by atoms with Crippen LogP contribution in [-0.2, 0) is 11.8 Å². The second-order valence-electron chi connectivity index (χ2n) is 5.61. The van der Waals surface area contributed by atoms with Crippen molar-refractivity contribution in [2.24, 2.45) is 0 Å². The Balaban J connectivity index is 2.52. The van der Waals surface area contributed by atoms with Crippen molar-refractivity contribution in [3.8, 4) is 11.5 Å². The van der Waals surface area contributed by atoms with E-state index in [4.69, 9.17) is 11.6 Å². The first-order chi connectivity index (χ1) is 9.89. The number of hydrogen-bond acceptors (Lipinski definition) is 3. The lowest BCUT2D eigenvalue weighted by atomic mass is 9.75. The Kier molecular flexibility index (Phi) is 4.45. The molecular formula is C17H19ClO3. The summed E-state index contributed by atoms with van der Waals surface area (Å²) in [4.78, 5) is 0. The third-order valence-electron chi connectivity index (χ3n) is 3.86. The average molecular weight is 307 g/mol. The Morgan fingerprint density at radius 3 is 2.38 bits per heavy atom. The van der Waals surface area contributed by atoms with Crippen LogP contribution in [0.3, 0.4) is 0 Å². The summed E-state index contributed by atoms with van der Waals surface area (Å²) in [5.41, 5.74) is 1.51. The lowest BCUT2D eigenvalue weighted by molar-refractivity contribution is 0.200. The maximum atomic E-state index is 10.2. The van der Waals surface area contributed by atoms with Crippen LogP contribution < -0.4 is 0 Å². The first-order valence-electron chi connectivity index (χ1n) is 6.75. The molecule has 4 heteroatoms. The van der Waals surface area contributed by atoms with Crippen LogP contribution >= 0.6 is 11.6 Å². The summed E-state index contributed by atoms with van der Waals surface area (Å²) in [5.74, 6) is -0.368. The van der Waals surface area contributed by atoms with Crippen molar-refractivity contribution in [2.45, 2.75) is 25.7 Å². The molecule has 0 bridgehead atoms. The Labute approximate surface area is 129 Å². The Morgan fingerprint density at radius 2 is 1.76 bits per heavy atom. The molecule has 0 spiro atoms. The number of aromatic hydroxyl groups is 2. The van der Waals surface area contributed by atoms with Crippen LogP contribution in [0.4, 0.5) is 0 Å². The van der Waals surface area contributed by atoms with Gasteiger partial charge in [0, 0.05) is 16.0 Å². The van der Waals surface area contributed by atoms with Crippen LogP contribution in [0.25, 0.3) is 0 Å². The molecule has 0 aliphatic rings. The van der Waals surface area contributed by atoms with E-state index in [1.165, 1.54) is 6.07 Å². The molecule has 0 saturated heterocycles. The van der Waals surface area contributed by atoms with Crippen molar-refractivity contribution in [1.29, 1.82) is 0 Å². The third-order valence-corrected chi connectivity index (χ3v) is 4.22. The number of hydrogen-bond donors (Lipinski definition) is 3. The van der Waals surface area contributed by atoms with Crippen LogP contribution in [0.2, 0.25) is 5.02 Å². The van der Waals surface area contributed by atoms with Crippen molar-refractivity contribution >= 4 is 11.6 Å². The lowest BCUT2D eigenvalue weighted by Gasteiger charge is -2.31. The molecule has 2 aromatic rings. The molecule has 0 aliphatic carbocycles. The lowest BCUT2D eigenvalue weighted by Crippen LogP contribution is -2.30. The van der Waals surface area contributed by atoms with E-state index in [2.05, 4.69) is 0 Å². The van der Waals surface area contributed by atoms with Gasteiger partial charge in [-0.05, 0) is 36.6 Å².